The van der Waals surface area contributed by atoms with E-state index in [0.717, 1.165) is 19.4 Å². The van der Waals surface area contributed by atoms with Crippen LogP contribution in [0.3, 0.4) is 0 Å². The van der Waals surface area contributed by atoms with Gasteiger partial charge in [0.2, 0.25) is 0 Å². The summed E-state index contributed by atoms with van der Waals surface area (Å²) in [5.41, 5.74) is 2.61. The Labute approximate surface area is 169 Å². The van der Waals surface area contributed by atoms with Crippen LogP contribution in [0.25, 0.3) is 6.08 Å². The standard InChI is InChI=1S/C25H26OSe/c1-2-26-24(19-18-21-12-6-3-7-13-21)25(20-22-14-8-4-9-15-22)27-23-16-10-5-11-17-23/h3-17,20,24H,2,18-19H2,1H3/b25-20-. The average Bonchev–Trinajstić information content (AvgIpc) is 2.73. The van der Waals surface area contributed by atoms with Crippen LogP contribution < -0.4 is 4.46 Å². The maximum atomic E-state index is 6.22. The van der Waals surface area contributed by atoms with Crippen LogP contribution in [0.4, 0.5) is 0 Å². The van der Waals surface area contributed by atoms with E-state index in [2.05, 4.69) is 104 Å². The first-order chi connectivity index (χ1) is 13.3. The third kappa shape index (κ3) is 6.52. The number of rotatable bonds is 9. The molecule has 0 aromatic heterocycles. The molecular weight excluding hydrogens is 395 g/mol. The molecule has 0 N–H and O–H groups in total. The third-order valence-electron chi connectivity index (χ3n) is 4.31. The molecule has 0 amide bonds. The van der Waals surface area contributed by atoms with Gasteiger partial charge in [-0.05, 0) is 0 Å². The summed E-state index contributed by atoms with van der Waals surface area (Å²) in [5.74, 6) is 0. The Balaban J connectivity index is 1.84. The summed E-state index contributed by atoms with van der Waals surface area (Å²) in [6.45, 7) is 2.82. The molecule has 3 aromatic rings. The normalized spacial score (nSPS) is 12.7. The second kappa shape index (κ2) is 10.9. The first kappa shape index (κ1) is 19.6. The van der Waals surface area contributed by atoms with E-state index in [-0.39, 0.29) is 21.1 Å². The van der Waals surface area contributed by atoms with Gasteiger partial charge in [0.05, 0.1) is 0 Å². The zero-order chi connectivity index (χ0) is 18.7. The quantitative estimate of drug-likeness (QED) is 0.437. The predicted octanol–water partition coefficient (Wildman–Crippen LogP) is 5.10. The van der Waals surface area contributed by atoms with Crippen molar-refractivity contribution in [1.82, 2.24) is 0 Å². The van der Waals surface area contributed by atoms with Crippen molar-refractivity contribution in [3.8, 4) is 0 Å². The Morgan fingerprint density at radius 3 is 2.07 bits per heavy atom. The van der Waals surface area contributed by atoms with Crippen molar-refractivity contribution >= 4 is 25.5 Å². The Morgan fingerprint density at radius 2 is 1.44 bits per heavy atom. The van der Waals surface area contributed by atoms with Crippen LogP contribution in [0.1, 0.15) is 24.5 Å². The zero-order valence-electron chi connectivity index (χ0n) is 15.8. The van der Waals surface area contributed by atoms with Gasteiger partial charge in [0, 0.05) is 0 Å². The van der Waals surface area contributed by atoms with Gasteiger partial charge >= 0.3 is 169 Å². The molecule has 0 bridgehead atoms. The van der Waals surface area contributed by atoms with Crippen molar-refractivity contribution in [1.29, 1.82) is 0 Å². The zero-order valence-corrected chi connectivity index (χ0v) is 17.5. The molecule has 0 fully saturated rings. The van der Waals surface area contributed by atoms with Crippen LogP contribution in [0.2, 0.25) is 0 Å². The van der Waals surface area contributed by atoms with E-state index in [0.29, 0.717) is 0 Å². The Kier molecular flexibility index (Phi) is 7.92. The molecule has 0 saturated carbocycles. The van der Waals surface area contributed by atoms with E-state index in [1.807, 2.05) is 0 Å². The number of hydrogen-bond acceptors (Lipinski definition) is 1. The molecule has 0 spiro atoms. The molecule has 0 aliphatic carbocycles. The summed E-state index contributed by atoms with van der Waals surface area (Å²) >= 11 is 0.244. The molecule has 0 aliphatic rings. The minimum atomic E-state index is 0.149. The van der Waals surface area contributed by atoms with Crippen LogP contribution in [0, 0.1) is 0 Å². The molecular formula is C25H26OSe. The van der Waals surface area contributed by atoms with Crippen molar-refractivity contribution in [3.05, 3.63) is 107 Å². The van der Waals surface area contributed by atoms with Crippen molar-refractivity contribution < 1.29 is 4.74 Å². The first-order valence-corrected chi connectivity index (χ1v) is 11.2. The monoisotopic (exact) mass is 422 g/mol. The molecule has 0 radical (unpaired) electrons. The second-order valence-corrected chi connectivity index (χ2v) is 8.75. The topological polar surface area (TPSA) is 9.23 Å². The van der Waals surface area contributed by atoms with Gasteiger partial charge < -0.3 is 0 Å². The summed E-state index contributed by atoms with van der Waals surface area (Å²) in [4.78, 5) is 0. The van der Waals surface area contributed by atoms with E-state index in [1.54, 1.807) is 0 Å². The fraction of sp³-hybridized carbons (Fsp3) is 0.200. The van der Waals surface area contributed by atoms with Crippen molar-refractivity contribution in [3.63, 3.8) is 0 Å². The van der Waals surface area contributed by atoms with Crippen LogP contribution in [-0.4, -0.2) is 27.7 Å². The first-order valence-electron chi connectivity index (χ1n) is 9.50. The Hall–Kier alpha value is -2.12. The second-order valence-electron chi connectivity index (χ2n) is 6.34. The van der Waals surface area contributed by atoms with Gasteiger partial charge in [0.25, 0.3) is 0 Å². The summed E-state index contributed by atoms with van der Waals surface area (Å²) in [7, 11) is 0. The number of ether oxygens (including phenoxy) is 1. The number of benzene rings is 3. The molecule has 0 heterocycles. The fourth-order valence-electron chi connectivity index (χ4n) is 2.98. The molecule has 3 rings (SSSR count). The van der Waals surface area contributed by atoms with Crippen molar-refractivity contribution in [2.24, 2.45) is 0 Å². The third-order valence-corrected chi connectivity index (χ3v) is 6.67. The number of aryl methyl sites for hydroxylation is 1. The van der Waals surface area contributed by atoms with E-state index in [4.69, 9.17) is 4.74 Å². The van der Waals surface area contributed by atoms with Gasteiger partial charge in [-0.3, -0.25) is 0 Å². The van der Waals surface area contributed by atoms with Gasteiger partial charge in [0.1, 0.15) is 0 Å². The van der Waals surface area contributed by atoms with Gasteiger partial charge in [-0.25, -0.2) is 0 Å². The van der Waals surface area contributed by atoms with Gasteiger partial charge in [-0.2, -0.15) is 0 Å². The molecule has 1 atom stereocenters. The van der Waals surface area contributed by atoms with Crippen LogP contribution in [-0.2, 0) is 11.2 Å². The minimum absolute atomic E-state index is 0.149. The van der Waals surface area contributed by atoms with Crippen molar-refractivity contribution in [2.75, 3.05) is 6.61 Å². The fourth-order valence-corrected chi connectivity index (χ4v) is 5.24. The molecule has 0 saturated heterocycles. The summed E-state index contributed by atoms with van der Waals surface area (Å²) < 4.78 is 9.00. The summed E-state index contributed by atoms with van der Waals surface area (Å²) in [6, 6.07) is 32.1. The van der Waals surface area contributed by atoms with Crippen molar-refractivity contribution in [2.45, 2.75) is 25.9 Å². The molecule has 0 aliphatic heterocycles. The molecule has 138 valence electrons. The van der Waals surface area contributed by atoms with Gasteiger partial charge in [-0.1, -0.05) is 0 Å². The molecule has 2 heteroatoms. The van der Waals surface area contributed by atoms with E-state index >= 15 is 0 Å². The van der Waals surface area contributed by atoms with Crippen LogP contribution >= 0.6 is 0 Å². The van der Waals surface area contributed by atoms with E-state index in [9.17, 15) is 0 Å². The molecule has 1 unspecified atom stereocenters. The number of hydrogen-bond donors (Lipinski definition) is 0. The maximum absolute atomic E-state index is 6.22. The SMILES string of the molecule is CCOC(CCc1ccccc1)/C(=C/c1ccccc1)[Se]c1ccccc1. The van der Waals surface area contributed by atoms with E-state index < -0.39 is 0 Å². The predicted molar refractivity (Wildman–Crippen MR) is 116 cm³/mol. The average molecular weight is 421 g/mol. The Bertz CT molecular complexity index is 813. The van der Waals surface area contributed by atoms with Crippen LogP contribution in [0.5, 0.6) is 0 Å². The van der Waals surface area contributed by atoms with Gasteiger partial charge in [-0.15, -0.1) is 0 Å². The molecule has 27 heavy (non-hydrogen) atoms. The van der Waals surface area contributed by atoms with Gasteiger partial charge in [0.15, 0.2) is 0 Å². The molecule has 3 aromatic carbocycles. The summed E-state index contributed by atoms with van der Waals surface area (Å²) in [6.07, 6.45) is 4.52. The van der Waals surface area contributed by atoms with E-state index in [1.165, 1.54) is 20.1 Å². The van der Waals surface area contributed by atoms with Crippen LogP contribution in [0.15, 0.2) is 95.5 Å². The molecule has 1 nitrogen and oxygen atoms in total. The Morgan fingerprint density at radius 1 is 0.852 bits per heavy atom. The summed E-state index contributed by atoms with van der Waals surface area (Å²) in [5, 5.41) is 0.